The van der Waals surface area contributed by atoms with Gasteiger partial charge in [0.25, 0.3) is 5.91 Å². The lowest BCUT2D eigenvalue weighted by Gasteiger charge is -2.20. The van der Waals surface area contributed by atoms with Crippen LogP contribution >= 0.6 is 0 Å². The lowest BCUT2D eigenvalue weighted by Crippen LogP contribution is -2.48. The zero-order valence-electron chi connectivity index (χ0n) is 13.9. The highest BCUT2D eigenvalue weighted by Gasteiger charge is 2.28. The molecule has 0 saturated carbocycles. The van der Waals surface area contributed by atoms with Crippen LogP contribution in [0.3, 0.4) is 0 Å². The van der Waals surface area contributed by atoms with Crippen molar-refractivity contribution in [1.82, 2.24) is 10.2 Å². The number of aryl methyl sites for hydroxylation is 1. The number of hydrogen-bond acceptors (Lipinski definition) is 4. The summed E-state index contributed by atoms with van der Waals surface area (Å²) in [5, 5.41) is 10.5. The van der Waals surface area contributed by atoms with E-state index in [2.05, 4.69) is 11.6 Å². The van der Waals surface area contributed by atoms with Gasteiger partial charge in [-0.3, -0.25) is 10.0 Å². The predicted molar refractivity (Wildman–Crippen MR) is 92.2 cm³/mol. The molecule has 0 radical (unpaired) electrons. The number of amides is 1. The smallest absolute Gasteiger partial charge is 0.261 e. The Morgan fingerprint density at radius 2 is 1.75 bits per heavy atom. The molecule has 0 aliphatic carbocycles. The first-order chi connectivity index (χ1) is 11.3. The molecule has 7 heteroatoms. The molecule has 2 rings (SSSR count). The summed E-state index contributed by atoms with van der Waals surface area (Å²) in [5.41, 5.74) is 2.67. The zero-order chi connectivity index (χ0) is 17.9. The van der Waals surface area contributed by atoms with Crippen LogP contribution in [0.25, 0.3) is 10.8 Å². The molecule has 0 spiro atoms. The van der Waals surface area contributed by atoms with Gasteiger partial charge in [0.05, 0.1) is 4.90 Å². The zero-order valence-corrected chi connectivity index (χ0v) is 14.7. The molecule has 24 heavy (non-hydrogen) atoms. The molecule has 130 valence electrons. The van der Waals surface area contributed by atoms with Crippen LogP contribution < -0.4 is 10.2 Å². The summed E-state index contributed by atoms with van der Waals surface area (Å²) in [6, 6.07) is 9.65. The van der Waals surface area contributed by atoms with Crippen molar-refractivity contribution in [2.24, 2.45) is 5.92 Å². The molecule has 0 aromatic heterocycles. The predicted octanol–water partition coefficient (Wildman–Crippen LogP) is 2.21. The van der Waals surface area contributed by atoms with E-state index in [-0.39, 0.29) is 10.8 Å². The Bertz CT molecular complexity index is 847. The van der Waals surface area contributed by atoms with Crippen molar-refractivity contribution in [1.29, 1.82) is 0 Å². The van der Waals surface area contributed by atoms with E-state index in [9.17, 15) is 13.2 Å². The lowest BCUT2D eigenvalue weighted by atomic mass is 10.1. The van der Waals surface area contributed by atoms with Gasteiger partial charge in [-0.05, 0) is 40.8 Å². The quantitative estimate of drug-likeness (QED) is 0.550. The summed E-state index contributed by atoms with van der Waals surface area (Å²) in [5.74, 6) is -1.11. The number of nitrogens with one attached hydrogen (secondary N) is 2. The Hall–Kier alpha value is -1.96. The molecule has 0 unspecified atom stereocenters. The van der Waals surface area contributed by atoms with Crippen molar-refractivity contribution in [3.8, 4) is 0 Å². The van der Waals surface area contributed by atoms with Crippen molar-refractivity contribution >= 4 is 26.7 Å². The number of hydrogen-bond donors (Lipinski definition) is 3. The molecule has 2 aromatic carbocycles. The summed E-state index contributed by atoms with van der Waals surface area (Å²) in [7, 11) is -3.89. The number of carbonyl (C=O) groups is 1. The second kappa shape index (κ2) is 7.29. The van der Waals surface area contributed by atoms with Gasteiger partial charge in [-0.15, -0.1) is 0 Å². The number of sulfonamides is 1. The minimum atomic E-state index is -3.89. The average molecular weight is 350 g/mol. The van der Waals surface area contributed by atoms with Crippen LogP contribution in [0.15, 0.2) is 41.3 Å². The fraction of sp³-hybridized carbons (Fsp3) is 0.353. The third-order valence-corrected chi connectivity index (χ3v) is 5.37. The van der Waals surface area contributed by atoms with Crippen LogP contribution in [-0.4, -0.2) is 25.6 Å². The van der Waals surface area contributed by atoms with Gasteiger partial charge in [0, 0.05) is 0 Å². The maximum Gasteiger partial charge on any atom is 0.261 e. The molecule has 0 bridgehead atoms. The van der Waals surface area contributed by atoms with Crippen molar-refractivity contribution < 1.29 is 18.4 Å². The standard InChI is InChI=1S/C17H22N2O4S/c1-4-12-5-6-14-10-15(8-7-13(14)9-12)24(22,23)19-16(11(2)3)17(20)18-21/h5-11,16,19,21H,4H2,1-3H3,(H,18,20)/t16-/m1/s1. The fourth-order valence-corrected chi connectivity index (χ4v) is 3.84. The van der Waals surface area contributed by atoms with Crippen LogP contribution in [-0.2, 0) is 21.2 Å². The van der Waals surface area contributed by atoms with E-state index in [0.717, 1.165) is 17.2 Å². The molecule has 0 fully saturated rings. The minimum Gasteiger partial charge on any atom is -0.289 e. The number of carbonyl (C=O) groups excluding carboxylic acids is 1. The Balaban J connectivity index is 2.38. The van der Waals surface area contributed by atoms with Gasteiger partial charge >= 0.3 is 0 Å². The fourth-order valence-electron chi connectivity index (χ4n) is 2.46. The number of benzene rings is 2. The molecular formula is C17H22N2O4S. The third kappa shape index (κ3) is 3.92. The Kier molecular flexibility index (Phi) is 5.58. The molecule has 2 aromatic rings. The maximum atomic E-state index is 12.6. The highest BCUT2D eigenvalue weighted by molar-refractivity contribution is 7.89. The van der Waals surface area contributed by atoms with E-state index in [4.69, 9.17) is 5.21 Å². The Labute approximate surface area is 141 Å². The minimum absolute atomic E-state index is 0.0793. The first-order valence-electron chi connectivity index (χ1n) is 7.77. The summed E-state index contributed by atoms with van der Waals surface area (Å²) in [6.07, 6.45) is 0.907. The van der Waals surface area contributed by atoms with E-state index in [0.29, 0.717) is 0 Å². The van der Waals surface area contributed by atoms with Gasteiger partial charge in [-0.25, -0.2) is 13.9 Å². The van der Waals surface area contributed by atoms with Gasteiger partial charge in [0.15, 0.2) is 0 Å². The van der Waals surface area contributed by atoms with Crippen LogP contribution in [0.1, 0.15) is 26.3 Å². The van der Waals surface area contributed by atoms with Gasteiger partial charge in [0.1, 0.15) is 6.04 Å². The maximum absolute atomic E-state index is 12.6. The van der Waals surface area contributed by atoms with Crippen LogP contribution in [0.5, 0.6) is 0 Å². The van der Waals surface area contributed by atoms with E-state index in [1.54, 1.807) is 26.0 Å². The molecule has 1 amide bonds. The molecule has 0 aliphatic rings. The highest BCUT2D eigenvalue weighted by atomic mass is 32.2. The van der Waals surface area contributed by atoms with Crippen LogP contribution in [0.2, 0.25) is 0 Å². The van der Waals surface area contributed by atoms with E-state index in [1.165, 1.54) is 17.1 Å². The SMILES string of the molecule is CCc1ccc2cc(S(=O)(=O)N[C@@H](C(=O)NO)C(C)C)ccc2c1. The molecule has 6 nitrogen and oxygen atoms in total. The van der Waals surface area contributed by atoms with Gasteiger partial charge in [0.2, 0.25) is 10.0 Å². The average Bonchev–Trinajstić information content (AvgIpc) is 2.57. The molecule has 3 N–H and O–H groups in total. The van der Waals surface area contributed by atoms with Crippen molar-refractivity contribution in [3.63, 3.8) is 0 Å². The summed E-state index contributed by atoms with van der Waals surface area (Å²) >= 11 is 0. The third-order valence-electron chi connectivity index (χ3n) is 3.94. The van der Waals surface area contributed by atoms with E-state index < -0.39 is 22.0 Å². The number of hydroxylamine groups is 1. The first kappa shape index (κ1) is 18.4. The summed E-state index contributed by atoms with van der Waals surface area (Å²) in [4.78, 5) is 11.7. The second-order valence-electron chi connectivity index (χ2n) is 6.02. The molecule has 0 heterocycles. The van der Waals surface area contributed by atoms with Crippen LogP contribution in [0, 0.1) is 5.92 Å². The van der Waals surface area contributed by atoms with Gasteiger partial charge in [-0.1, -0.05) is 45.0 Å². The molecule has 0 aliphatic heterocycles. The van der Waals surface area contributed by atoms with Crippen LogP contribution in [0.4, 0.5) is 0 Å². The molecular weight excluding hydrogens is 328 g/mol. The van der Waals surface area contributed by atoms with Gasteiger partial charge < -0.3 is 0 Å². The summed E-state index contributed by atoms with van der Waals surface area (Å²) < 4.78 is 27.5. The van der Waals surface area contributed by atoms with Crippen molar-refractivity contribution in [2.75, 3.05) is 0 Å². The van der Waals surface area contributed by atoms with E-state index >= 15 is 0 Å². The molecule has 1 atom stereocenters. The normalized spacial score (nSPS) is 13.2. The highest BCUT2D eigenvalue weighted by Crippen LogP contribution is 2.21. The number of fused-ring (bicyclic) bond motifs is 1. The monoisotopic (exact) mass is 350 g/mol. The van der Waals surface area contributed by atoms with Gasteiger partial charge in [-0.2, -0.15) is 4.72 Å². The lowest BCUT2D eigenvalue weighted by molar-refractivity contribution is -0.131. The Morgan fingerprint density at radius 1 is 1.12 bits per heavy atom. The Morgan fingerprint density at radius 3 is 2.33 bits per heavy atom. The largest absolute Gasteiger partial charge is 0.289 e. The molecule has 0 saturated heterocycles. The first-order valence-corrected chi connectivity index (χ1v) is 9.25. The van der Waals surface area contributed by atoms with E-state index in [1.807, 2.05) is 18.2 Å². The summed E-state index contributed by atoms with van der Waals surface area (Å²) in [6.45, 7) is 5.44. The van der Waals surface area contributed by atoms with Crippen molar-refractivity contribution in [3.05, 3.63) is 42.0 Å². The number of rotatable bonds is 6. The topological polar surface area (TPSA) is 95.5 Å². The second-order valence-corrected chi connectivity index (χ2v) is 7.73. The van der Waals surface area contributed by atoms with Crippen molar-refractivity contribution in [2.45, 2.75) is 38.1 Å².